The maximum Gasteiger partial charge on any atom is 0.356 e. The summed E-state index contributed by atoms with van der Waals surface area (Å²) in [5, 5.41) is 14.2. The Bertz CT molecular complexity index is 820. The van der Waals surface area contributed by atoms with E-state index < -0.39 is 18.3 Å². The van der Waals surface area contributed by atoms with Crippen molar-refractivity contribution in [3.8, 4) is 0 Å². The lowest BCUT2D eigenvalue weighted by molar-refractivity contribution is -0.384. The van der Waals surface area contributed by atoms with E-state index in [0.717, 1.165) is 22.4 Å². The van der Waals surface area contributed by atoms with Crippen LogP contribution in [-0.2, 0) is 13.6 Å². The molecule has 8 heteroatoms. The highest BCUT2D eigenvalue weighted by Gasteiger charge is 2.36. The van der Waals surface area contributed by atoms with E-state index in [1.54, 1.807) is 12.1 Å². The average molecular weight is 378 g/mol. The van der Waals surface area contributed by atoms with Gasteiger partial charge in [0.25, 0.3) is 5.69 Å². The normalized spacial score (nSPS) is 12.7. The van der Waals surface area contributed by atoms with Gasteiger partial charge in [0.05, 0.1) is 4.92 Å². The highest BCUT2D eigenvalue weighted by Crippen LogP contribution is 2.60. The third kappa shape index (κ3) is 4.12. The first-order valence-corrected chi connectivity index (χ1v) is 9.63. The van der Waals surface area contributed by atoms with Crippen molar-refractivity contribution in [3.05, 3.63) is 68.8 Å². The lowest BCUT2D eigenvalue weighted by Crippen LogP contribution is -2.15. The predicted octanol–water partition coefficient (Wildman–Crippen LogP) is 5.12. The lowest BCUT2D eigenvalue weighted by Gasteiger charge is -2.28. The van der Waals surface area contributed by atoms with Crippen molar-refractivity contribution in [2.45, 2.75) is 26.6 Å². The Kier molecular flexibility index (Phi) is 6.18. The van der Waals surface area contributed by atoms with E-state index in [4.69, 9.17) is 9.05 Å². The number of non-ortho nitro benzene ring substituents is 1. The summed E-state index contributed by atoms with van der Waals surface area (Å²) < 4.78 is 23.5. The Morgan fingerprint density at radius 2 is 1.54 bits per heavy atom. The average Bonchev–Trinajstić information content (AvgIpc) is 2.60. The summed E-state index contributed by atoms with van der Waals surface area (Å²) >= 11 is 0. The molecule has 0 saturated carbocycles. The molecule has 1 N–H and O–H groups in total. The zero-order chi connectivity index (χ0) is 19.5. The summed E-state index contributed by atoms with van der Waals surface area (Å²) in [4.78, 5) is 10.4. The van der Waals surface area contributed by atoms with Crippen molar-refractivity contribution in [1.82, 2.24) is 0 Å². The van der Waals surface area contributed by atoms with Gasteiger partial charge in [-0.15, -0.1) is 0 Å². The third-order valence-corrected chi connectivity index (χ3v) is 6.28. The van der Waals surface area contributed by atoms with Crippen LogP contribution in [0.3, 0.4) is 0 Å². The molecular formula is C18H23N2O5P. The fourth-order valence-electron chi connectivity index (χ4n) is 2.95. The molecule has 7 nitrogen and oxygen atoms in total. The van der Waals surface area contributed by atoms with Gasteiger partial charge in [-0.1, -0.05) is 17.7 Å². The van der Waals surface area contributed by atoms with Gasteiger partial charge in [0.1, 0.15) is 0 Å². The number of nitro benzene ring substituents is 1. The van der Waals surface area contributed by atoms with Crippen molar-refractivity contribution >= 4 is 19.0 Å². The van der Waals surface area contributed by atoms with E-state index in [-0.39, 0.29) is 5.69 Å². The Morgan fingerprint density at radius 3 is 1.96 bits per heavy atom. The smallest absolute Gasteiger partial charge is 0.356 e. The molecule has 0 bridgehead atoms. The Morgan fingerprint density at radius 1 is 1.04 bits per heavy atom. The van der Waals surface area contributed by atoms with Crippen molar-refractivity contribution in [2.24, 2.45) is 0 Å². The number of hydrogen-bond donors (Lipinski definition) is 1. The molecule has 2 aromatic carbocycles. The number of nitrogens with zero attached hydrogens (tertiary/aromatic N) is 1. The molecule has 0 fully saturated rings. The number of aryl methyl sites for hydroxylation is 3. The quantitative estimate of drug-likeness (QED) is 0.409. The molecule has 0 saturated heterocycles. The van der Waals surface area contributed by atoms with Gasteiger partial charge in [-0.2, -0.15) is 0 Å². The molecule has 0 heterocycles. The Balaban J connectivity index is 2.52. The van der Waals surface area contributed by atoms with Crippen LogP contribution in [0, 0.1) is 30.9 Å². The van der Waals surface area contributed by atoms with Crippen LogP contribution in [0.5, 0.6) is 0 Å². The monoisotopic (exact) mass is 378 g/mol. The number of nitrogens with one attached hydrogen (secondary N) is 1. The van der Waals surface area contributed by atoms with Crippen molar-refractivity contribution in [2.75, 3.05) is 19.5 Å². The van der Waals surface area contributed by atoms with Crippen LogP contribution in [0.15, 0.2) is 36.4 Å². The van der Waals surface area contributed by atoms with Gasteiger partial charge in [0.2, 0.25) is 0 Å². The van der Waals surface area contributed by atoms with Gasteiger partial charge in [-0.05, 0) is 49.6 Å². The first-order chi connectivity index (χ1) is 12.2. The summed E-state index contributed by atoms with van der Waals surface area (Å²) in [6.45, 7) is 5.92. The van der Waals surface area contributed by atoms with Crippen LogP contribution in [0.4, 0.5) is 11.4 Å². The minimum Gasteiger partial charge on any atom is -0.367 e. The SMILES string of the molecule is COP(=O)(OC)[C@@H](Nc1c(C)cc(C)cc1C)c1ccc([N+](=O)[O-])cc1. The van der Waals surface area contributed by atoms with Crippen LogP contribution in [0.2, 0.25) is 0 Å². The van der Waals surface area contributed by atoms with Crippen LogP contribution in [0.25, 0.3) is 0 Å². The number of benzene rings is 2. The van der Waals surface area contributed by atoms with Crippen molar-refractivity contribution < 1.29 is 18.5 Å². The van der Waals surface area contributed by atoms with Gasteiger partial charge < -0.3 is 14.4 Å². The molecule has 1 atom stereocenters. The maximum atomic E-state index is 13.1. The topological polar surface area (TPSA) is 90.7 Å². The summed E-state index contributed by atoms with van der Waals surface area (Å²) in [6.07, 6.45) is 0. The molecule has 0 spiro atoms. The fraction of sp³-hybridized carbons (Fsp3) is 0.333. The van der Waals surface area contributed by atoms with E-state index in [9.17, 15) is 14.7 Å². The molecular weight excluding hydrogens is 355 g/mol. The van der Waals surface area contributed by atoms with Crippen LogP contribution in [-0.4, -0.2) is 19.1 Å². The standard InChI is InChI=1S/C18H23N2O5P/c1-12-10-13(2)17(14(3)11-12)19-18(26(23,24-4)25-5)15-6-8-16(9-7-15)20(21)22/h6-11,18-19H,1-5H3/t18-/m1/s1. The predicted molar refractivity (Wildman–Crippen MR) is 102 cm³/mol. The number of hydrogen-bond acceptors (Lipinski definition) is 6. The highest BCUT2D eigenvalue weighted by atomic mass is 31.2. The summed E-state index contributed by atoms with van der Waals surface area (Å²) in [6, 6.07) is 9.89. The minimum absolute atomic E-state index is 0.0418. The first-order valence-electron chi connectivity index (χ1n) is 8.01. The molecule has 0 amide bonds. The second kappa shape index (κ2) is 7.99. The van der Waals surface area contributed by atoms with Gasteiger partial charge in [0, 0.05) is 32.0 Å². The number of nitro groups is 1. The number of anilines is 1. The Hall–Kier alpha value is -2.21. The molecule has 2 aromatic rings. The minimum atomic E-state index is -3.55. The second-order valence-corrected chi connectivity index (χ2v) is 8.40. The molecule has 0 aliphatic rings. The molecule has 26 heavy (non-hydrogen) atoms. The molecule has 140 valence electrons. The molecule has 0 unspecified atom stereocenters. The van der Waals surface area contributed by atoms with E-state index in [1.165, 1.54) is 26.4 Å². The van der Waals surface area contributed by atoms with Gasteiger partial charge in [0.15, 0.2) is 5.78 Å². The summed E-state index contributed by atoms with van der Waals surface area (Å²) in [7, 11) is -0.913. The zero-order valence-corrected chi connectivity index (χ0v) is 16.4. The Labute approximate surface area is 153 Å². The largest absolute Gasteiger partial charge is 0.367 e. The van der Waals surface area contributed by atoms with E-state index in [2.05, 4.69) is 5.32 Å². The molecule has 0 radical (unpaired) electrons. The van der Waals surface area contributed by atoms with E-state index in [1.807, 2.05) is 32.9 Å². The summed E-state index contributed by atoms with van der Waals surface area (Å²) in [5.41, 5.74) is 4.47. The van der Waals surface area contributed by atoms with Crippen molar-refractivity contribution in [3.63, 3.8) is 0 Å². The van der Waals surface area contributed by atoms with Gasteiger partial charge in [-0.25, -0.2) is 0 Å². The number of rotatable bonds is 7. The molecule has 2 rings (SSSR count). The van der Waals surface area contributed by atoms with Crippen LogP contribution >= 0.6 is 7.60 Å². The second-order valence-electron chi connectivity index (χ2n) is 6.07. The van der Waals surface area contributed by atoms with Gasteiger partial charge in [-0.3, -0.25) is 14.7 Å². The zero-order valence-electron chi connectivity index (χ0n) is 15.5. The van der Waals surface area contributed by atoms with E-state index >= 15 is 0 Å². The first kappa shape index (κ1) is 20.1. The van der Waals surface area contributed by atoms with Crippen LogP contribution in [0.1, 0.15) is 28.0 Å². The van der Waals surface area contributed by atoms with Crippen LogP contribution < -0.4 is 5.32 Å². The van der Waals surface area contributed by atoms with Gasteiger partial charge >= 0.3 is 7.60 Å². The lowest BCUT2D eigenvalue weighted by atomic mass is 10.0. The molecule has 0 aromatic heterocycles. The van der Waals surface area contributed by atoms with E-state index in [0.29, 0.717) is 5.56 Å². The molecule has 0 aliphatic heterocycles. The van der Waals surface area contributed by atoms with Crippen molar-refractivity contribution in [1.29, 1.82) is 0 Å². The highest BCUT2D eigenvalue weighted by molar-refractivity contribution is 7.54. The fourth-order valence-corrected chi connectivity index (χ4v) is 4.35. The third-order valence-electron chi connectivity index (χ3n) is 4.20. The summed E-state index contributed by atoms with van der Waals surface area (Å²) in [5.74, 6) is -0.807. The maximum absolute atomic E-state index is 13.1. The molecule has 0 aliphatic carbocycles.